The third-order valence-corrected chi connectivity index (χ3v) is 15.2. The Labute approximate surface area is 416 Å². The summed E-state index contributed by atoms with van der Waals surface area (Å²) in [6.45, 7) is 0. The molecule has 0 N–H and O–H groups in total. The minimum Gasteiger partial charge on any atom is -0.309 e. The molecule has 2 heterocycles. The normalized spacial score (nSPS) is 12.8. The summed E-state index contributed by atoms with van der Waals surface area (Å²) < 4.78 is 2.46. The fraction of sp³-hybridized carbons (Fsp3) is 0.0147. The van der Waals surface area contributed by atoms with E-state index < -0.39 is 5.41 Å². The first kappa shape index (κ1) is 40.4. The Bertz CT molecular complexity index is 4280. The van der Waals surface area contributed by atoms with Crippen molar-refractivity contribution in [1.29, 1.82) is 0 Å². The standard InChI is InChI=1S/C68H42N4/c1-3-18-43(19-4-1)45-23-17-24-49(38-45)66-69-65(44-20-5-2-6-21-44)70-67(71-66)50-39-48-22-7-8-25-51(48)63(42-50)72-62-33-16-12-29-56(62)57-37-35-47(41-64(57)72)46-34-36-55-54-28-11-15-32-60(54)68(61(55)40-46)58-30-13-9-26-52(58)53-27-10-14-31-59(53)68/h1-42H. The number of nitrogens with zero attached hydrogens (tertiary/aromatic N) is 4. The summed E-state index contributed by atoms with van der Waals surface area (Å²) in [6, 6.07) is 92.4. The van der Waals surface area contributed by atoms with Gasteiger partial charge in [0, 0.05) is 32.8 Å². The van der Waals surface area contributed by atoms with Crippen molar-refractivity contribution in [3.8, 4) is 84.4 Å². The number of benzene rings is 11. The molecule has 0 unspecified atom stereocenters. The molecule has 72 heavy (non-hydrogen) atoms. The Balaban J connectivity index is 0.934. The van der Waals surface area contributed by atoms with Crippen LogP contribution in [0.3, 0.4) is 0 Å². The zero-order valence-corrected chi connectivity index (χ0v) is 39.0. The highest BCUT2D eigenvalue weighted by molar-refractivity contribution is 6.12. The third kappa shape index (κ3) is 5.96. The molecule has 4 heteroatoms. The Morgan fingerprint density at radius 2 is 0.750 bits per heavy atom. The van der Waals surface area contributed by atoms with Crippen LogP contribution in [-0.2, 0) is 5.41 Å². The highest BCUT2D eigenvalue weighted by Crippen LogP contribution is 2.63. The van der Waals surface area contributed by atoms with Crippen LogP contribution in [0.25, 0.3) is 117 Å². The molecule has 13 aromatic rings. The first-order valence-electron chi connectivity index (χ1n) is 24.7. The van der Waals surface area contributed by atoms with Crippen molar-refractivity contribution < 1.29 is 0 Å². The lowest BCUT2D eigenvalue weighted by Crippen LogP contribution is -2.25. The molecule has 2 aliphatic carbocycles. The van der Waals surface area contributed by atoms with Crippen molar-refractivity contribution in [2.45, 2.75) is 5.41 Å². The summed E-state index contributed by atoms with van der Waals surface area (Å²) in [5.74, 6) is 1.86. The summed E-state index contributed by atoms with van der Waals surface area (Å²) >= 11 is 0. The summed E-state index contributed by atoms with van der Waals surface area (Å²) in [7, 11) is 0. The fourth-order valence-corrected chi connectivity index (χ4v) is 12.1. The van der Waals surface area contributed by atoms with E-state index in [0.29, 0.717) is 17.5 Å². The lowest BCUT2D eigenvalue weighted by molar-refractivity contribution is 0.794. The predicted molar refractivity (Wildman–Crippen MR) is 295 cm³/mol. The van der Waals surface area contributed by atoms with Crippen molar-refractivity contribution in [1.82, 2.24) is 19.5 Å². The van der Waals surface area contributed by atoms with Crippen LogP contribution < -0.4 is 0 Å². The van der Waals surface area contributed by atoms with E-state index in [1.54, 1.807) is 0 Å². The molecule has 1 spiro atoms. The van der Waals surface area contributed by atoms with Gasteiger partial charge in [0.05, 0.1) is 22.1 Å². The van der Waals surface area contributed by atoms with Gasteiger partial charge in [0.25, 0.3) is 0 Å². The molecule has 0 saturated carbocycles. The molecule has 2 aliphatic rings. The zero-order chi connectivity index (χ0) is 47.3. The Morgan fingerprint density at radius 3 is 1.46 bits per heavy atom. The van der Waals surface area contributed by atoms with Gasteiger partial charge in [-0.1, -0.05) is 218 Å². The second kappa shape index (κ2) is 15.8. The lowest BCUT2D eigenvalue weighted by Gasteiger charge is -2.30. The van der Waals surface area contributed by atoms with Gasteiger partial charge in [0.2, 0.25) is 0 Å². The first-order chi connectivity index (χ1) is 35.7. The number of fused-ring (bicyclic) bond motifs is 14. The van der Waals surface area contributed by atoms with Crippen molar-refractivity contribution in [3.63, 3.8) is 0 Å². The first-order valence-corrected chi connectivity index (χ1v) is 24.7. The average Bonchev–Trinajstić information content (AvgIpc) is 4.06. The number of hydrogen-bond donors (Lipinski definition) is 0. The molecular weight excluding hydrogens is 873 g/mol. The molecule has 0 saturated heterocycles. The van der Waals surface area contributed by atoms with Gasteiger partial charge in [0.15, 0.2) is 17.5 Å². The van der Waals surface area contributed by atoms with E-state index in [2.05, 4.69) is 235 Å². The topological polar surface area (TPSA) is 43.6 Å². The van der Waals surface area contributed by atoms with Crippen LogP contribution in [0.5, 0.6) is 0 Å². The molecule has 0 fully saturated rings. The Morgan fingerprint density at radius 1 is 0.264 bits per heavy atom. The van der Waals surface area contributed by atoms with Crippen LogP contribution in [0.1, 0.15) is 22.3 Å². The van der Waals surface area contributed by atoms with E-state index in [4.69, 9.17) is 15.0 Å². The Kier molecular flexibility index (Phi) is 8.84. The average molecular weight is 915 g/mol. The van der Waals surface area contributed by atoms with E-state index in [1.807, 2.05) is 24.3 Å². The molecule has 334 valence electrons. The summed E-state index contributed by atoms with van der Waals surface area (Å²) in [6.07, 6.45) is 0. The van der Waals surface area contributed by atoms with Gasteiger partial charge < -0.3 is 4.57 Å². The molecule has 0 atom stereocenters. The van der Waals surface area contributed by atoms with Crippen LogP contribution in [0.2, 0.25) is 0 Å². The van der Waals surface area contributed by atoms with Gasteiger partial charge in [0.1, 0.15) is 0 Å². The predicted octanol–water partition coefficient (Wildman–Crippen LogP) is 16.8. The van der Waals surface area contributed by atoms with E-state index >= 15 is 0 Å². The molecular formula is C68H42N4. The maximum Gasteiger partial charge on any atom is 0.164 e. The molecule has 2 aromatic heterocycles. The maximum atomic E-state index is 5.31. The minimum absolute atomic E-state index is 0.423. The quantitative estimate of drug-likeness (QED) is 0.167. The SMILES string of the molecule is c1ccc(-c2cccc(-c3nc(-c4ccccc4)nc(-c4cc(-n5c6ccccc6c6ccc(-c7ccc8c(c7)C7(c9ccccc9-c9ccccc97)c7ccccc7-8)cc65)c5ccccc5c4)n3)c2)cc1. The van der Waals surface area contributed by atoms with E-state index in [9.17, 15) is 0 Å². The van der Waals surface area contributed by atoms with E-state index in [0.717, 1.165) is 60.9 Å². The van der Waals surface area contributed by atoms with Gasteiger partial charge in [-0.05, 0) is 109 Å². The van der Waals surface area contributed by atoms with Crippen LogP contribution >= 0.6 is 0 Å². The highest BCUT2D eigenvalue weighted by Gasteiger charge is 2.51. The van der Waals surface area contributed by atoms with Crippen LogP contribution in [0.15, 0.2) is 255 Å². The molecule has 4 nitrogen and oxygen atoms in total. The number of aromatic nitrogens is 4. The van der Waals surface area contributed by atoms with Gasteiger partial charge in [-0.25, -0.2) is 15.0 Å². The lowest BCUT2D eigenvalue weighted by atomic mass is 9.70. The Hall–Kier alpha value is -9.51. The fourth-order valence-electron chi connectivity index (χ4n) is 12.1. The molecule has 0 radical (unpaired) electrons. The van der Waals surface area contributed by atoms with E-state index in [1.165, 1.54) is 60.8 Å². The second-order valence-electron chi connectivity index (χ2n) is 19.1. The van der Waals surface area contributed by atoms with Gasteiger partial charge in [-0.2, -0.15) is 0 Å². The van der Waals surface area contributed by atoms with E-state index in [-0.39, 0.29) is 0 Å². The zero-order valence-electron chi connectivity index (χ0n) is 39.0. The van der Waals surface area contributed by atoms with Crippen molar-refractivity contribution in [2.24, 2.45) is 0 Å². The summed E-state index contributed by atoms with van der Waals surface area (Å²) in [5.41, 5.74) is 20.8. The van der Waals surface area contributed by atoms with Gasteiger partial charge in [-0.15, -0.1) is 0 Å². The molecule has 0 amide bonds. The van der Waals surface area contributed by atoms with Crippen molar-refractivity contribution in [3.05, 3.63) is 277 Å². The molecule has 0 bridgehead atoms. The van der Waals surface area contributed by atoms with Crippen LogP contribution in [-0.4, -0.2) is 19.5 Å². The third-order valence-electron chi connectivity index (χ3n) is 15.2. The van der Waals surface area contributed by atoms with Crippen LogP contribution in [0, 0.1) is 0 Å². The largest absolute Gasteiger partial charge is 0.309 e. The molecule has 0 aliphatic heterocycles. The number of para-hydroxylation sites is 1. The van der Waals surface area contributed by atoms with Gasteiger partial charge in [-0.3, -0.25) is 0 Å². The number of rotatable bonds is 6. The van der Waals surface area contributed by atoms with Gasteiger partial charge >= 0.3 is 0 Å². The highest BCUT2D eigenvalue weighted by atomic mass is 15.0. The molecule has 11 aromatic carbocycles. The van der Waals surface area contributed by atoms with Crippen molar-refractivity contribution in [2.75, 3.05) is 0 Å². The van der Waals surface area contributed by atoms with Crippen LogP contribution in [0.4, 0.5) is 0 Å². The number of hydrogen-bond acceptors (Lipinski definition) is 3. The second-order valence-corrected chi connectivity index (χ2v) is 19.1. The summed E-state index contributed by atoms with van der Waals surface area (Å²) in [4.78, 5) is 15.7. The monoisotopic (exact) mass is 914 g/mol. The molecule has 15 rings (SSSR count). The maximum absolute atomic E-state index is 5.31. The smallest absolute Gasteiger partial charge is 0.164 e. The summed E-state index contributed by atoms with van der Waals surface area (Å²) in [5, 5.41) is 4.63. The van der Waals surface area contributed by atoms with Crippen molar-refractivity contribution >= 4 is 32.6 Å². The minimum atomic E-state index is -0.423.